The van der Waals surface area contributed by atoms with Gasteiger partial charge in [-0.1, -0.05) is 66.7 Å². The monoisotopic (exact) mass is 451 g/mol. The van der Waals surface area contributed by atoms with E-state index in [1.54, 1.807) is 18.8 Å². The van der Waals surface area contributed by atoms with E-state index in [4.69, 9.17) is 14.5 Å². The van der Waals surface area contributed by atoms with Crippen LogP contribution in [0, 0.1) is 0 Å². The minimum absolute atomic E-state index is 0.120. The molecule has 2 aliphatic heterocycles. The zero-order chi connectivity index (χ0) is 23.5. The van der Waals surface area contributed by atoms with Gasteiger partial charge in [-0.05, 0) is 28.8 Å². The summed E-state index contributed by atoms with van der Waals surface area (Å²) in [5.41, 5.74) is 5.20. The van der Waals surface area contributed by atoms with Gasteiger partial charge in [0, 0.05) is 19.0 Å². The number of imidazole rings is 1. The lowest BCUT2D eigenvalue weighted by atomic mass is 10.1. The molecule has 6 heteroatoms. The number of hydrogen-bond donors (Lipinski definition) is 1. The molecular formula is C28H25N3O3. The number of fused-ring (bicyclic) bond motifs is 1. The fourth-order valence-corrected chi connectivity index (χ4v) is 4.16. The van der Waals surface area contributed by atoms with Crippen molar-refractivity contribution in [3.05, 3.63) is 118 Å². The van der Waals surface area contributed by atoms with Crippen LogP contribution in [0.5, 0.6) is 11.5 Å². The number of hydrogen-bond acceptors (Lipinski definition) is 4. The Kier molecular flexibility index (Phi) is 5.87. The molecule has 0 spiro atoms. The highest BCUT2D eigenvalue weighted by Crippen LogP contribution is 2.29. The Bertz CT molecular complexity index is 1440. The molecule has 0 aromatic heterocycles. The molecule has 0 unspecified atom stereocenters. The summed E-state index contributed by atoms with van der Waals surface area (Å²) in [5.74, 6) is 1.92. The van der Waals surface area contributed by atoms with Crippen molar-refractivity contribution in [3.63, 3.8) is 0 Å². The van der Waals surface area contributed by atoms with E-state index in [-0.39, 0.29) is 5.56 Å². The van der Waals surface area contributed by atoms with Gasteiger partial charge in [-0.2, -0.15) is 0 Å². The third-order valence-corrected chi connectivity index (χ3v) is 5.88. The second-order valence-corrected chi connectivity index (χ2v) is 8.10. The lowest BCUT2D eigenvalue weighted by Crippen LogP contribution is -2.17. The maximum absolute atomic E-state index is 13.4. The van der Waals surface area contributed by atoms with E-state index in [1.807, 2.05) is 72.9 Å². The van der Waals surface area contributed by atoms with Crippen LogP contribution >= 0.6 is 0 Å². The lowest BCUT2D eigenvalue weighted by molar-refractivity contribution is 0.354. The van der Waals surface area contributed by atoms with Gasteiger partial charge in [-0.3, -0.25) is 9.36 Å². The zero-order valence-electron chi connectivity index (χ0n) is 19.1. The van der Waals surface area contributed by atoms with Crippen LogP contribution in [0.1, 0.15) is 22.5 Å². The van der Waals surface area contributed by atoms with Gasteiger partial charge in [-0.15, -0.1) is 0 Å². The Balaban J connectivity index is 1.61. The third-order valence-electron chi connectivity index (χ3n) is 5.88. The van der Waals surface area contributed by atoms with Crippen LogP contribution in [-0.4, -0.2) is 28.8 Å². The van der Waals surface area contributed by atoms with Crippen LogP contribution in [0.25, 0.3) is 17.1 Å². The Hall–Kier alpha value is -4.32. The Morgan fingerprint density at radius 1 is 0.824 bits per heavy atom. The molecule has 0 fully saturated rings. The van der Waals surface area contributed by atoms with Crippen molar-refractivity contribution in [3.8, 4) is 28.6 Å². The minimum Gasteiger partial charge on any atom is -0.493 e. The van der Waals surface area contributed by atoms with E-state index in [9.17, 15) is 4.79 Å². The van der Waals surface area contributed by atoms with E-state index in [0.29, 0.717) is 35.9 Å². The SMILES string of the molecule is COc1ccc(Cc2nc3c(Cc4ccccc4)[nH]c(-c4ccccc4)cn-3c2=O)cc1OC. The molecule has 170 valence electrons. The largest absolute Gasteiger partial charge is 0.493 e. The Morgan fingerprint density at radius 3 is 2.24 bits per heavy atom. The first kappa shape index (κ1) is 21.5. The summed E-state index contributed by atoms with van der Waals surface area (Å²) in [6.07, 6.45) is 2.87. The minimum atomic E-state index is -0.120. The van der Waals surface area contributed by atoms with Crippen molar-refractivity contribution in [2.24, 2.45) is 0 Å². The molecule has 3 aromatic rings. The highest BCUT2D eigenvalue weighted by atomic mass is 16.5. The number of ether oxygens (including phenoxy) is 2. The molecule has 3 aromatic carbocycles. The highest BCUT2D eigenvalue weighted by Gasteiger charge is 2.21. The number of rotatable bonds is 7. The van der Waals surface area contributed by atoms with Gasteiger partial charge in [0.05, 0.1) is 25.6 Å². The zero-order valence-corrected chi connectivity index (χ0v) is 19.1. The molecule has 0 amide bonds. The van der Waals surface area contributed by atoms with E-state index in [1.165, 1.54) is 0 Å². The highest BCUT2D eigenvalue weighted by molar-refractivity contribution is 5.60. The summed E-state index contributed by atoms with van der Waals surface area (Å²) in [6.45, 7) is 0. The predicted octanol–water partition coefficient (Wildman–Crippen LogP) is 4.86. The number of nitrogens with one attached hydrogen (secondary N) is 1. The Labute approximate surface area is 197 Å². The third kappa shape index (κ3) is 4.18. The topological polar surface area (TPSA) is 69.1 Å². The molecule has 2 heterocycles. The van der Waals surface area contributed by atoms with Crippen LogP contribution in [0.2, 0.25) is 0 Å². The number of methoxy groups -OCH3 is 2. The summed E-state index contributed by atoms with van der Waals surface area (Å²) in [4.78, 5) is 21.7. The number of benzene rings is 3. The summed E-state index contributed by atoms with van der Waals surface area (Å²) < 4.78 is 12.4. The van der Waals surface area contributed by atoms with Crippen molar-refractivity contribution >= 4 is 0 Å². The maximum atomic E-state index is 13.4. The van der Waals surface area contributed by atoms with E-state index in [0.717, 1.165) is 28.1 Å². The second-order valence-electron chi connectivity index (χ2n) is 8.10. The van der Waals surface area contributed by atoms with Gasteiger partial charge in [-0.25, -0.2) is 4.98 Å². The molecular weight excluding hydrogens is 426 g/mol. The van der Waals surface area contributed by atoms with Gasteiger partial charge in [0.25, 0.3) is 5.56 Å². The number of nitrogens with zero attached hydrogens (tertiary/aromatic N) is 2. The number of aromatic amines is 1. The maximum Gasteiger partial charge on any atom is 0.278 e. The van der Waals surface area contributed by atoms with Gasteiger partial charge >= 0.3 is 0 Å². The molecule has 34 heavy (non-hydrogen) atoms. The quantitative estimate of drug-likeness (QED) is 0.384. The summed E-state index contributed by atoms with van der Waals surface area (Å²) in [6, 6.07) is 25.8. The average molecular weight is 452 g/mol. The molecule has 2 aliphatic rings. The molecule has 0 atom stereocenters. The smallest absolute Gasteiger partial charge is 0.278 e. The van der Waals surface area contributed by atoms with Crippen molar-refractivity contribution in [2.45, 2.75) is 12.8 Å². The molecule has 0 radical (unpaired) electrons. The van der Waals surface area contributed by atoms with E-state index in [2.05, 4.69) is 17.1 Å². The number of H-pyrrole nitrogens is 1. The van der Waals surface area contributed by atoms with Gasteiger partial charge in [0.15, 0.2) is 17.3 Å². The van der Waals surface area contributed by atoms with E-state index < -0.39 is 0 Å². The van der Waals surface area contributed by atoms with Crippen molar-refractivity contribution < 1.29 is 9.47 Å². The molecule has 6 nitrogen and oxygen atoms in total. The van der Waals surface area contributed by atoms with Crippen molar-refractivity contribution in [2.75, 3.05) is 14.2 Å². The van der Waals surface area contributed by atoms with Gasteiger partial charge in [0.2, 0.25) is 0 Å². The first-order valence-electron chi connectivity index (χ1n) is 11.1. The van der Waals surface area contributed by atoms with Crippen molar-refractivity contribution in [1.29, 1.82) is 0 Å². The van der Waals surface area contributed by atoms with Crippen LogP contribution < -0.4 is 15.0 Å². The fraction of sp³-hybridized carbons (Fsp3) is 0.143. The summed E-state index contributed by atoms with van der Waals surface area (Å²) >= 11 is 0. The summed E-state index contributed by atoms with van der Waals surface area (Å²) in [7, 11) is 3.20. The molecule has 0 saturated heterocycles. The van der Waals surface area contributed by atoms with E-state index >= 15 is 0 Å². The van der Waals surface area contributed by atoms with Gasteiger partial charge < -0.3 is 14.5 Å². The fourth-order valence-electron chi connectivity index (χ4n) is 4.16. The lowest BCUT2D eigenvalue weighted by Gasteiger charge is -2.13. The standard InChI is InChI=1S/C28H25N3O3/c1-33-25-14-13-20(17-26(25)34-2)16-23-28(32)31-18-24(21-11-7-4-8-12-21)29-22(27(31)30-23)15-19-9-5-3-6-10-19/h3-14,17-18,29H,15-16H2,1-2H3. The molecule has 0 aliphatic carbocycles. The molecule has 0 saturated carbocycles. The second kappa shape index (κ2) is 9.27. The van der Waals surface area contributed by atoms with Crippen LogP contribution in [0.3, 0.4) is 0 Å². The molecule has 0 bridgehead atoms. The number of aromatic nitrogens is 3. The summed E-state index contributed by atoms with van der Waals surface area (Å²) in [5, 5.41) is 0. The van der Waals surface area contributed by atoms with Crippen LogP contribution in [0.15, 0.2) is 89.9 Å². The normalized spacial score (nSPS) is 11.0. The predicted molar refractivity (Wildman–Crippen MR) is 132 cm³/mol. The van der Waals surface area contributed by atoms with Gasteiger partial charge in [0.1, 0.15) is 5.69 Å². The molecule has 1 N–H and O–H groups in total. The first-order valence-corrected chi connectivity index (χ1v) is 11.1. The van der Waals surface area contributed by atoms with Crippen LogP contribution in [-0.2, 0) is 12.8 Å². The first-order chi connectivity index (χ1) is 16.7. The molecule has 5 rings (SSSR count). The average Bonchev–Trinajstić information content (AvgIpc) is 3.20. The van der Waals surface area contributed by atoms with Crippen LogP contribution in [0.4, 0.5) is 0 Å². The van der Waals surface area contributed by atoms with Crippen molar-refractivity contribution in [1.82, 2.24) is 14.5 Å². The Morgan fingerprint density at radius 2 is 1.53 bits per heavy atom.